The van der Waals surface area contributed by atoms with Gasteiger partial charge in [0.15, 0.2) is 0 Å². The number of pyridine rings is 1. The minimum absolute atomic E-state index is 0.0990. The maximum atomic E-state index is 5.93. The van der Waals surface area contributed by atoms with Crippen molar-refractivity contribution in [2.24, 2.45) is 5.73 Å². The lowest BCUT2D eigenvalue weighted by atomic mass is 10.1. The summed E-state index contributed by atoms with van der Waals surface area (Å²) in [5.41, 5.74) is 7.64. The van der Waals surface area contributed by atoms with Crippen LogP contribution in [0.5, 0.6) is 0 Å². The van der Waals surface area contributed by atoms with E-state index in [1.54, 1.807) is 6.08 Å². The van der Waals surface area contributed by atoms with Crippen molar-refractivity contribution in [1.29, 1.82) is 0 Å². The number of aryl methyl sites for hydroxylation is 1. The first kappa shape index (κ1) is 10.2. The Balaban J connectivity index is 2.94. The molecule has 1 heterocycles. The van der Waals surface area contributed by atoms with Gasteiger partial charge in [0.05, 0.1) is 0 Å². The Morgan fingerprint density at radius 1 is 1.69 bits per heavy atom. The largest absolute Gasteiger partial charge is 0.324 e. The molecule has 0 aliphatic carbocycles. The van der Waals surface area contributed by atoms with Gasteiger partial charge < -0.3 is 5.73 Å². The number of nitrogens with zero attached hydrogens (tertiary/aromatic N) is 1. The van der Waals surface area contributed by atoms with Gasteiger partial charge in [-0.25, -0.2) is 4.98 Å². The molecule has 1 aromatic rings. The highest BCUT2D eigenvalue weighted by atomic mass is 35.5. The molecule has 0 aliphatic heterocycles. The Morgan fingerprint density at radius 2 is 2.38 bits per heavy atom. The average molecular weight is 197 g/mol. The molecule has 0 bridgehead atoms. The molecule has 1 rings (SSSR count). The van der Waals surface area contributed by atoms with Gasteiger partial charge in [-0.05, 0) is 19.4 Å². The zero-order valence-electron chi connectivity index (χ0n) is 7.63. The highest BCUT2D eigenvalue weighted by Crippen LogP contribution is 2.21. The summed E-state index contributed by atoms with van der Waals surface area (Å²) in [6, 6.07) is 3.72. The number of hydrogen-bond acceptors (Lipinski definition) is 2. The van der Waals surface area contributed by atoms with E-state index in [2.05, 4.69) is 11.6 Å². The predicted octanol–water partition coefficient (Wildman–Crippen LogP) is 2.62. The molecule has 0 saturated heterocycles. The first-order chi connectivity index (χ1) is 6.15. The lowest BCUT2D eigenvalue weighted by Crippen LogP contribution is -2.10. The molecule has 13 heavy (non-hydrogen) atoms. The van der Waals surface area contributed by atoms with Gasteiger partial charge >= 0.3 is 0 Å². The van der Waals surface area contributed by atoms with Crippen LogP contribution in [0.15, 0.2) is 24.8 Å². The molecule has 70 valence electrons. The van der Waals surface area contributed by atoms with Crippen molar-refractivity contribution in [1.82, 2.24) is 4.98 Å². The molecule has 2 nitrogen and oxygen atoms in total. The summed E-state index contributed by atoms with van der Waals surface area (Å²) < 4.78 is 0. The second kappa shape index (κ2) is 4.40. The van der Waals surface area contributed by atoms with E-state index in [1.165, 1.54) is 0 Å². The van der Waals surface area contributed by atoms with Crippen LogP contribution >= 0.6 is 11.6 Å². The monoisotopic (exact) mass is 196 g/mol. The van der Waals surface area contributed by atoms with E-state index in [0.29, 0.717) is 11.6 Å². The standard InChI is InChI=1S/C10H13ClN2/c1-3-4-9(12)8-6-5-7(2)13-10(8)11/h3,5-6,9H,1,4,12H2,2H3. The molecule has 0 aliphatic rings. The summed E-state index contributed by atoms with van der Waals surface area (Å²) in [6.07, 6.45) is 2.49. The molecular formula is C10H13ClN2. The molecule has 2 N–H and O–H groups in total. The van der Waals surface area contributed by atoms with E-state index in [-0.39, 0.29) is 6.04 Å². The van der Waals surface area contributed by atoms with Gasteiger partial charge in [0.1, 0.15) is 5.15 Å². The molecule has 0 spiro atoms. The van der Waals surface area contributed by atoms with E-state index in [0.717, 1.165) is 11.3 Å². The smallest absolute Gasteiger partial charge is 0.134 e. The SMILES string of the molecule is C=CCC(N)c1ccc(C)nc1Cl. The zero-order chi connectivity index (χ0) is 9.84. The summed E-state index contributed by atoms with van der Waals surface area (Å²) >= 11 is 5.93. The maximum absolute atomic E-state index is 5.93. The van der Waals surface area contributed by atoms with Crippen LogP contribution in [0.3, 0.4) is 0 Å². The highest BCUT2D eigenvalue weighted by Gasteiger charge is 2.09. The second-order valence-corrected chi connectivity index (χ2v) is 3.32. The number of aromatic nitrogens is 1. The minimum atomic E-state index is -0.0990. The molecule has 1 aromatic heterocycles. The summed E-state index contributed by atoms with van der Waals surface area (Å²) in [6.45, 7) is 5.53. The Kier molecular flexibility index (Phi) is 3.46. The normalized spacial score (nSPS) is 12.5. The number of nitrogens with two attached hydrogens (primary N) is 1. The van der Waals surface area contributed by atoms with E-state index in [9.17, 15) is 0 Å². The third-order valence-electron chi connectivity index (χ3n) is 1.84. The molecule has 0 radical (unpaired) electrons. The number of halogens is 1. The quantitative estimate of drug-likeness (QED) is 0.596. The van der Waals surface area contributed by atoms with E-state index >= 15 is 0 Å². The van der Waals surface area contributed by atoms with Gasteiger partial charge in [0.2, 0.25) is 0 Å². The van der Waals surface area contributed by atoms with Crippen molar-refractivity contribution in [2.75, 3.05) is 0 Å². The molecular weight excluding hydrogens is 184 g/mol. The topological polar surface area (TPSA) is 38.9 Å². The molecule has 1 unspecified atom stereocenters. The van der Waals surface area contributed by atoms with Gasteiger partial charge in [0, 0.05) is 17.3 Å². The summed E-state index contributed by atoms with van der Waals surface area (Å²) in [5.74, 6) is 0. The second-order valence-electron chi connectivity index (χ2n) is 2.96. The molecule has 0 saturated carbocycles. The van der Waals surface area contributed by atoms with Gasteiger partial charge in [-0.1, -0.05) is 23.7 Å². The molecule has 3 heteroatoms. The first-order valence-corrected chi connectivity index (χ1v) is 4.52. The molecule has 0 fully saturated rings. The van der Waals surface area contributed by atoms with Gasteiger partial charge in [0.25, 0.3) is 0 Å². The van der Waals surface area contributed by atoms with Crippen LogP contribution in [0.1, 0.15) is 23.7 Å². The third-order valence-corrected chi connectivity index (χ3v) is 2.14. The lowest BCUT2D eigenvalue weighted by molar-refractivity contribution is 0.737. The van der Waals surface area contributed by atoms with Crippen LogP contribution in [0.25, 0.3) is 0 Å². The summed E-state index contributed by atoms with van der Waals surface area (Å²) in [5, 5.41) is 0.495. The fraction of sp³-hybridized carbons (Fsp3) is 0.300. The Morgan fingerprint density at radius 3 is 2.92 bits per heavy atom. The van der Waals surface area contributed by atoms with Gasteiger partial charge in [-0.15, -0.1) is 6.58 Å². The first-order valence-electron chi connectivity index (χ1n) is 4.14. The average Bonchev–Trinajstić information content (AvgIpc) is 2.04. The Hall–Kier alpha value is -0.860. The van der Waals surface area contributed by atoms with Crippen molar-refractivity contribution in [3.05, 3.63) is 41.2 Å². The molecule has 0 amide bonds. The highest BCUT2D eigenvalue weighted by molar-refractivity contribution is 6.30. The fourth-order valence-corrected chi connectivity index (χ4v) is 1.46. The third kappa shape index (κ3) is 2.54. The van der Waals surface area contributed by atoms with E-state index < -0.39 is 0 Å². The lowest BCUT2D eigenvalue weighted by Gasteiger charge is -2.10. The van der Waals surface area contributed by atoms with Gasteiger partial charge in [-0.3, -0.25) is 0 Å². The number of rotatable bonds is 3. The van der Waals surface area contributed by atoms with E-state index in [1.807, 2.05) is 19.1 Å². The van der Waals surface area contributed by atoms with E-state index in [4.69, 9.17) is 17.3 Å². The van der Waals surface area contributed by atoms with Crippen molar-refractivity contribution in [2.45, 2.75) is 19.4 Å². The van der Waals surface area contributed by atoms with Gasteiger partial charge in [-0.2, -0.15) is 0 Å². The van der Waals surface area contributed by atoms with Crippen LogP contribution in [0.4, 0.5) is 0 Å². The molecule has 0 aromatic carbocycles. The summed E-state index contributed by atoms with van der Waals surface area (Å²) in [7, 11) is 0. The number of hydrogen-bond donors (Lipinski definition) is 1. The maximum Gasteiger partial charge on any atom is 0.134 e. The van der Waals surface area contributed by atoms with Crippen LogP contribution in [0.2, 0.25) is 5.15 Å². The molecule has 1 atom stereocenters. The Bertz CT molecular complexity index is 310. The predicted molar refractivity (Wildman–Crippen MR) is 55.7 cm³/mol. The van der Waals surface area contributed by atoms with Crippen LogP contribution in [-0.2, 0) is 0 Å². The van der Waals surface area contributed by atoms with Crippen molar-refractivity contribution in [3.8, 4) is 0 Å². The van der Waals surface area contributed by atoms with Crippen molar-refractivity contribution >= 4 is 11.6 Å². The van der Waals surface area contributed by atoms with Crippen LogP contribution in [0, 0.1) is 6.92 Å². The fourth-order valence-electron chi connectivity index (χ4n) is 1.12. The van der Waals surface area contributed by atoms with Crippen molar-refractivity contribution < 1.29 is 0 Å². The summed E-state index contributed by atoms with van der Waals surface area (Å²) in [4.78, 5) is 4.13. The Labute approximate surface area is 83.4 Å². The van der Waals surface area contributed by atoms with Crippen LogP contribution in [-0.4, -0.2) is 4.98 Å². The minimum Gasteiger partial charge on any atom is -0.324 e. The van der Waals surface area contributed by atoms with Crippen LogP contribution < -0.4 is 5.73 Å². The zero-order valence-corrected chi connectivity index (χ0v) is 8.38. The van der Waals surface area contributed by atoms with Crippen molar-refractivity contribution in [3.63, 3.8) is 0 Å².